The lowest BCUT2D eigenvalue weighted by Gasteiger charge is -2.38. The molecule has 0 N–H and O–H groups in total. The van der Waals surface area contributed by atoms with Crippen molar-refractivity contribution < 1.29 is 4.39 Å². The van der Waals surface area contributed by atoms with Gasteiger partial charge in [-0.25, -0.2) is 14.4 Å². The van der Waals surface area contributed by atoms with Crippen LogP contribution in [0.15, 0.2) is 24.3 Å². The monoisotopic (exact) mass is 395 g/mol. The molecule has 4 rings (SSSR count). The molecule has 0 amide bonds. The molecule has 0 atom stereocenters. The second kappa shape index (κ2) is 8.21. The lowest BCUT2D eigenvalue weighted by Crippen LogP contribution is -2.48. The van der Waals surface area contributed by atoms with Gasteiger partial charge >= 0.3 is 0 Å². The summed E-state index contributed by atoms with van der Waals surface area (Å²) in [5.74, 6) is 2.32. The molecular formula is C21H26FN7. The van der Waals surface area contributed by atoms with E-state index in [1.807, 2.05) is 11.8 Å². The topological polar surface area (TPSA) is 62.5 Å². The first kappa shape index (κ1) is 19.4. The van der Waals surface area contributed by atoms with Gasteiger partial charge in [0, 0.05) is 58.4 Å². The highest BCUT2D eigenvalue weighted by atomic mass is 19.1. The number of hydrogen-bond acceptors (Lipinski definition) is 7. The molecule has 2 saturated heterocycles. The molecule has 0 spiro atoms. The summed E-state index contributed by atoms with van der Waals surface area (Å²) >= 11 is 0. The minimum atomic E-state index is -0.340. The number of piperazine rings is 2. The Labute approximate surface area is 171 Å². The smallest absolute Gasteiger partial charge is 0.147 e. The summed E-state index contributed by atoms with van der Waals surface area (Å²) < 4.78 is 14.3. The maximum Gasteiger partial charge on any atom is 0.147 e. The second-order valence-electron chi connectivity index (χ2n) is 7.64. The van der Waals surface area contributed by atoms with Crippen LogP contribution < -0.4 is 14.7 Å². The summed E-state index contributed by atoms with van der Waals surface area (Å²) in [6.07, 6.45) is 0. The molecule has 7 nitrogen and oxygen atoms in total. The molecule has 3 heterocycles. The molecule has 1 aromatic carbocycles. The van der Waals surface area contributed by atoms with Crippen molar-refractivity contribution in [3.63, 3.8) is 0 Å². The summed E-state index contributed by atoms with van der Waals surface area (Å²) in [7, 11) is 2.14. The Balaban J connectivity index is 1.49. The van der Waals surface area contributed by atoms with E-state index < -0.39 is 0 Å². The first-order valence-electron chi connectivity index (χ1n) is 10.0. The second-order valence-corrected chi connectivity index (χ2v) is 7.64. The lowest BCUT2D eigenvalue weighted by molar-refractivity contribution is 0.312. The molecule has 152 valence electrons. The fourth-order valence-electron chi connectivity index (χ4n) is 3.98. The van der Waals surface area contributed by atoms with Gasteiger partial charge < -0.3 is 19.6 Å². The van der Waals surface area contributed by atoms with Crippen LogP contribution in [0.1, 0.15) is 11.4 Å². The zero-order valence-electron chi connectivity index (χ0n) is 17.0. The molecule has 2 aliphatic heterocycles. The van der Waals surface area contributed by atoms with Crippen molar-refractivity contribution in [1.82, 2.24) is 14.9 Å². The Kier molecular flexibility index (Phi) is 5.49. The number of rotatable bonds is 3. The number of para-hydroxylation sites is 1. The van der Waals surface area contributed by atoms with Gasteiger partial charge in [0.2, 0.25) is 0 Å². The number of halogens is 1. The predicted octanol–water partition coefficient (Wildman–Crippen LogP) is 1.87. The third kappa shape index (κ3) is 4.10. The quantitative estimate of drug-likeness (QED) is 0.786. The lowest BCUT2D eigenvalue weighted by atomic mass is 10.1. The van der Waals surface area contributed by atoms with Gasteiger partial charge in [0.15, 0.2) is 0 Å². The van der Waals surface area contributed by atoms with E-state index >= 15 is 0 Å². The summed E-state index contributed by atoms with van der Waals surface area (Å²) in [6, 6.07) is 8.84. The fourth-order valence-corrected chi connectivity index (χ4v) is 3.98. The van der Waals surface area contributed by atoms with Crippen molar-refractivity contribution in [3.05, 3.63) is 41.5 Å². The summed E-state index contributed by atoms with van der Waals surface area (Å²) in [5.41, 5.74) is 0.792. The number of nitriles is 1. The molecule has 29 heavy (non-hydrogen) atoms. The maximum atomic E-state index is 14.3. The Morgan fingerprint density at radius 3 is 2.03 bits per heavy atom. The van der Waals surface area contributed by atoms with Crippen molar-refractivity contribution in [2.24, 2.45) is 0 Å². The van der Waals surface area contributed by atoms with Gasteiger partial charge in [0.05, 0.1) is 11.3 Å². The molecule has 0 saturated carbocycles. The van der Waals surface area contributed by atoms with Gasteiger partial charge in [-0.05, 0) is 26.1 Å². The van der Waals surface area contributed by atoms with E-state index in [1.165, 1.54) is 6.07 Å². The number of hydrogen-bond donors (Lipinski definition) is 0. The summed E-state index contributed by atoms with van der Waals surface area (Å²) in [6.45, 7) is 8.63. The highest BCUT2D eigenvalue weighted by molar-refractivity contribution is 5.61. The van der Waals surface area contributed by atoms with Gasteiger partial charge in [-0.3, -0.25) is 0 Å². The van der Waals surface area contributed by atoms with E-state index in [0.29, 0.717) is 24.3 Å². The predicted molar refractivity (Wildman–Crippen MR) is 112 cm³/mol. The number of nitrogens with zero attached hydrogens (tertiary/aromatic N) is 7. The van der Waals surface area contributed by atoms with Crippen molar-refractivity contribution >= 4 is 17.3 Å². The number of aromatic nitrogens is 2. The van der Waals surface area contributed by atoms with Gasteiger partial charge in [0.1, 0.15) is 29.3 Å². The average molecular weight is 395 g/mol. The van der Waals surface area contributed by atoms with Crippen LogP contribution in [0, 0.1) is 24.1 Å². The minimum absolute atomic E-state index is 0.340. The fraction of sp³-hybridized carbons (Fsp3) is 0.476. The van der Waals surface area contributed by atoms with E-state index in [0.717, 1.165) is 56.7 Å². The van der Waals surface area contributed by atoms with E-state index in [2.05, 4.69) is 43.9 Å². The Hall–Kier alpha value is -2.92. The van der Waals surface area contributed by atoms with Crippen molar-refractivity contribution in [3.8, 4) is 6.07 Å². The Morgan fingerprint density at radius 1 is 0.897 bits per heavy atom. The van der Waals surface area contributed by atoms with Crippen molar-refractivity contribution in [2.75, 3.05) is 74.1 Å². The van der Waals surface area contributed by atoms with Gasteiger partial charge in [-0.15, -0.1) is 0 Å². The van der Waals surface area contributed by atoms with Crippen molar-refractivity contribution in [2.45, 2.75) is 6.92 Å². The number of anilines is 3. The van der Waals surface area contributed by atoms with E-state index in [9.17, 15) is 9.65 Å². The molecule has 0 radical (unpaired) electrons. The van der Waals surface area contributed by atoms with Gasteiger partial charge in [0.25, 0.3) is 0 Å². The Morgan fingerprint density at radius 2 is 1.45 bits per heavy atom. The SMILES string of the molecule is Cc1nc(N2CCN(C)CC2)cc(N2CCN(c3c(F)cccc3C#N)CC2)n1. The number of likely N-dealkylation sites (N-methyl/N-ethyl adjacent to an activating group) is 1. The first-order chi connectivity index (χ1) is 14.0. The van der Waals surface area contributed by atoms with Crippen LogP contribution >= 0.6 is 0 Å². The molecule has 2 aliphatic rings. The zero-order valence-corrected chi connectivity index (χ0v) is 17.0. The van der Waals surface area contributed by atoms with E-state index in [4.69, 9.17) is 0 Å². The van der Waals surface area contributed by atoms with Crippen LogP contribution in [0.5, 0.6) is 0 Å². The van der Waals surface area contributed by atoms with Gasteiger partial charge in [-0.1, -0.05) is 6.07 Å². The Bertz CT molecular complexity index is 910. The third-order valence-electron chi connectivity index (χ3n) is 5.67. The number of benzene rings is 1. The largest absolute Gasteiger partial charge is 0.365 e. The summed E-state index contributed by atoms with van der Waals surface area (Å²) in [5, 5.41) is 9.33. The number of aryl methyl sites for hydroxylation is 1. The maximum absolute atomic E-state index is 14.3. The third-order valence-corrected chi connectivity index (χ3v) is 5.67. The molecule has 0 bridgehead atoms. The van der Waals surface area contributed by atoms with Crippen LogP contribution in [-0.2, 0) is 0 Å². The molecule has 0 aliphatic carbocycles. The van der Waals surface area contributed by atoms with E-state index in [1.54, 1.807) is 12.1 Å². The van der Waals surface area contributed by atoms with Crippen LogP contribution in [0.4, 0.5) is 21.7 Å². The molecule has 0 unspecified atom stereocenters. The average Bonchev–Trinajstić information content (AvgIpc) is 2.74. The van der Waals surface area contributed by atoms with Crippen LogP contribution in [0.2, 0.25) is 0 Å². The zero-order chi connectivity index (χ0) is 20.4. The van der Waals surface area contributed by atoms with E-state index in [-0.39, 0.29) is 5.82 Å². The highest BCUT2D eigenvalue weighted by Gasteiger charge is 2.24. The van der Waals surface area contributed by atoms with Gasteiger partial charge in [-0.2, -0.15) is 5.26 Å². The molecule has 2 fully saturated rings. The normalized spacial score (nSPS) is 18.1. The van der Waals surface area contributed by atoms with Crippen LogP contribution in [0.25, 0.3) is 0 Å². The highest BCUT2D eigenvalue weighted by Crippen LogP contribution is 2.27. The van der Waals surface area contributed by atoms with Crippen molar-refractivity contribution in [1.29, 1.82) is 5.26 Å². The molecule has 2 aromatic rings. The molecule has 8 heteroatoms. The van der Waals surface area contributed by atoms with Crippen LogP contribution in [0.3, 0.4) is 0 Å². The standard InChI is InChI=1S/C21H26FN7/c1-16-24-19(27-8-6-26(2)7-9-27)14-20(25-16)28-10-12-29(13-11-28)21-17(15-23)4-3-5-18(21)22/h3-5,14H,6-13H2,1-2H3. The molecule has 1 aromatic heterocycles. The molecular weight excluding hydrogens is 369 g/mol. The first-order valence-corrected chi connectivity index (χ1v) is 10.0. The summed E-state index contributed by atoms with van der Waals surface area (Å²) in [4.78, 5) is 18.1. The van der Waals surface area contributed by atoms with Crippen LogP contribution in [-0.4, -0.2) is 74.3 Å². The minimum Gasteiger partial charge on any atom is -0.365 e.